The largest absolute Gasteiger partial charge is 0.462 e. The fourth-order valence-electron chi connectivity index (χ4n) is 2.32. The third-order valence-corrected chi connectivity index (χ3v) is 5.72. The highest BCUT2D eigenvalue weighted by molar-refractivity contribution is 7.98. The van der Waals surface area contributed by atoms with Crippen LogP contribution in [0.15, 0.2) is 42.5 Å². The highest BCUT2D eigenvalue weighted by Crippen LogP contribution is 2.22. The van der Waals surface area contributed by atoms with Gasteiger partial charge in [0.2, 0.25) is 0 Å². The molecule has 0 heterocycles. The smallest absolute Gasteiger partial charge is 0.339 e. The first kappa shape index (κ1) is 22.8. The first-order valence-electron chi connectivity index (χ1n) is 8.84. The van der Waals surface area contributed by atoms with E-state index in [1.54, 1.807) is 25.1 Å². The maximum absolute atomic E-state index is 11.9. The summed E-state index contributed by atoms with van der Waals surface area (Å²) >= 11 is 19.4. The van der Waals surface area contributed by atoms with E-state index in [1.807, 2.05) is 36.0 Å². The van der Waals surface area contributed by atoms with Gasteiger partial charge >= 0.3 is 5.97 Å². The third-order valence-electron chi connectivity index (χ3n) is 3.69. The van der Waals surface area contributed by atoms with Crippen molar-refractivity contribution >= 4 is 64.0 Å². The van der Waals surface area contributed by atoms with Crippen molar-refractivity contribution in [3.63, 3.8) is 0 Å². The Morgan fingerprint density at radius 1 is 1.18 bits per heavy atom. The van der Waals surface area contributed by atoms with Crippen molar-refractivity contribution in [1.82, 2.24) is 5.32 Å². The van der Waals surface area contributed by atoms with E-state index in [-0.39, 0.29) is 0 Å². The molecule has 2 aromatic rings. The van der Waals surface area contributed by atoms with Crippen molar-refractivity contribution in [2.75, 3.05) is 24.2 Å². The Morgan fingerprint density at radius 2 is 1.96 bits per heavy atom. The molecule has 0 saturated heterocycles. The summed E-state index contributed by atoms with van der Waals surface area (Å²) < 4.78 is 5.00. The summed E-state index contributed by atoms with van der Waals surface area (Å²) in [4.78, 5) is 11.9. The maximum atomic E-state index is 11.9. The van der Waals surface area contributed by atoms with E-state index in [2.05, 4.69) is 10.6 Å². The highest BCUT2D eigenvalue weighted by Gasteiger charge is 2.12. The van der Waals surface area contributed by atoms with Gasteiger partial charge in [0.25, 0.3) is 0 Å². The lowest BCUT2D eigenvalue weighted by Gasteiger charge is -2.12. The van der Waals surface area contributed by atoms with Gasteiger partial charge in [-0.15, -0.1) is 0 Å². The van der Waals surface area contributed by atoms with E-state index in [9.17, 15) is 4.79 Å². The summed E-state index contributed by atoms with van der Waals surface area (Å²) in [5.74, 6) is 1.43. The third kappa shape index (κ3) is 7.51. The van der Waals surface area contributed by atoms with E-state index in [0.717, 1.165) is 35.1 Å². The average molecular weight is 457 g/mol. The number of rotatable bonds is 9. The Kier molecular flexibility index (Phi) is 9.92. The molecular weight excluding hydrogens is 435 g/mol. The van der Waals surface area contributed by atoms with Crippen molar-refractivity contribution in [3.8, 4) is 0 Å². The lowest BCUT2D eigenvalue weighted by Crippen LogP contribution is -2.29. The van der Waals surface area contributed by atoms with Crippen LogP contribution in [0.1, 0.15) is 29.3 Å². The molecule has 2 rings (SSSR count). The minimum absolute atomic E-state index is 0.293. The highest BCUT2D eigenvalue weighted by atomic mass is 35.5. The summed E-state index contributed by atoms with van der Waals surface area (Å²) in [7, 11) is 0. The molecule has 0 fully saturated rings. The molecule has 0 unspecified atom stereocenters. The van der Waals surface area contributed by atoms with Crippen LogP contribution in [0.4, 0.5) is 5.69 Å². The van der Waals surface area contributed by atoms with Gasteiger partial charge in [0.1, 0.15) is 0 Å². The van der Waals surface area contributed by atoms with Crippen LogP contribution in [0.5, 0.6) is 0 Å². The Bertz CT molecular complexity index is 819. The SMILES string of the molecule is CCOC(=O)c1cc(NC(=S)NCCCSCc2ccccc2Cl)ccc1Cl. The minimum atomic E-state index is -0.453. The van der Waals surface area contributed by atoms with E-state index in [4.69, 9.17) is 40.2 Å². The molecule has 0 aliphatic carbocycles. The second-order valence-electron chi connectivity index (χ2n) is 5.79. The van der Waals surface area contributed by atoms with Crippen molar-refractivity contribution in [2.24, 2.45) is 0 Å². The van der Waals surface area contributed by atoms with Gasteiger partial charge < -0.3 is 15.4 Å². The molecule has 0 bridgehead atoms. The summed E-state index contributed by atoms with van der Waals surface area (Å²) in [5, 5.41) is 7.87. The number of benzene rings is 2. The van der Waals surface area contributed by atoms with Crippen molar-refractivity contribution < 1.29 is 9.53 Å². The van der Waals surface area contributed by atoms with E-state index in [0.29, 0.717) is 28.0 Å². The number of thiocarbonyl (C=S) groups is 1. The van der Waals surface area contributed by atoms with Gasteiger partial charge in [-0.05, 0) is 61.1 Å². The Labute approximate surface area is 185 Å². The molecule has 8 heteroatoms. The number of ether oxygens (including phenoxy) is 1. The van der Waals surface area contributed by atoms with Crippen LogP contribution in [0.3, 0.4) is 0 Å². The second kappa shape index (κ2) is 12.2. The number of nitrogens with one attached hydrogen (secondary N) is 2. The number of anilines is 1. The maximum Gasteiger partial charge on any atom is 0.339 e. The Morgan fingerprint density at radius 3 is 2.71 bits per heavy atom. The minimum Gasteiger partial charge on any atom is -0.462 e. The molecule has 0 aliphatic heterocycles. The van der Waals surface area contributed by atoms with Gasteiger partial charge in [-0.2, -0.15) is 11.8 Å². The molecular formula is C20H22Cl2N2O2S2. The predicted molar refractivity (Wildman–Crippen MR) is 124 cm³/mol. The van der Waals surface area contributed by atoms with Crippen LogP contribution >= 0.6 is 47.2 Å². The molecule has 0 atom stereocenters. The summed E-state index contributed by atoms with van der Waals surface area (Å²) in [5.41, 5.74) is 2.14. The molecule has 0 saturated carbocycles. The molecule has 0 radical (unpaired) electrons. The second-order valence-corrected chi connectivity index (χ2v) is 8.12. The fraction of sp³-hybridized carbons (Fsp3) is 0.300. The zero-order valence-electron chi connectivity index (χ0n) is 15.5. The normalized spacial score (nSPS) is 10.4. The van der Waals surface area contributed by atoms with Crippen LogP contribution in [-0.4, -0.2) is 30.0 Å². The molecule has 28 heavy (non-hydrogen) atoms. The molecule has 2 N–H and O–H groups in total. The van der Waals surface area contributed by atoms with Crippen LogP contribution in [0.2, 0.25) is 10.0 Å². The molecule has 0 amide bonds. The zero-order chi connectivity index (χ0) is 20.4. The van der Waals surface area contributed by atoms with Crippen LogP contribution < -0.4 is 10.6 Å². The number of hydrogen-bond acceptors (Lipinski definition) is 4. The molecule has 0 aromatic heterocycles. The van der Waals surface area contributed by atoms with Gasteiger partial charge in [-0.1, -0.05) is 41.4 Å². The number of hydrogen-bond donors (Lipinski definition) is 2. The van der Waals surface area contributed by atoms with Gasteiger partial charge in [0.15, 0.2) is 5.11 Å². The van der Waals surface area contributed by atoms with Gasteiger partial charge in [0, 0.05) is 23.0 Å². The van der Waals surface area contributed by atoms with Gasteiger partial charge in [-0.3, -0.25) is 0 Å². The van der Waals surface area contributed by atoms with Gasteiger partial charge in [-0.25, -0.2) is 4.79 Å². The number of carbonyl (C=O) groups is 1. The van der Waals surface area contributed by atoms with Crippen molar-refractivity contribution in [2.45, 2.75) is 19.1 Å². The molecule has 150 valence electrons. The molecule has 0 spiro atoms. The predicted octanol–water partition coefficient (Wildman–Crippen LogP) is 5.78. The summed E-state index contributed by atoms with van der Waals surface area (Å²) in [6.45, 7) is 2.79. The standard InChI is InChI=1S/C20H22Cl2N2O2S2/c1-2-26-19(25)16-12-15(8-9-18(16)22)24-20(27)23-10-5-11-28-13-14-6-3-4-7-17(14)21/h3-4,6-9,12H,2,5,10-11,13H2,1H3,(H2,23,24,27). The van der Waals surface area contributed by atoms with Crippen LogP contribution in [0.25, 0.3) is 0 Å². The van der Waals surface area contributed by atoms with Crippen LogP contribution in [-0.2, 0) is 10.5 Å². The number of carbonyl (C=O) groups excluding carboxylic acids is 1. The van der Waals surface area contributed by atoms with Crippen LogP contribution in [0, 0.1) is 0 Å². The number of esters is 1. The zero-order valence-corrected chi connectivity index (χ0v) is 18.6. The average Bonchev–Trinajstić information content (AvgIpc) is 2.67. The first-order valence-corrected chi connectivity index (χ1v) is 11.2. The fourth-order valence-corrected chi connectivity index (χ4v) is 3.98. The quantitative estimate of drug-likeness (QED) is 0.283. The first-order chi connectivity index (χ1) is 13.5. The van der Waals surface area contributed by atoms with E-state index < -0.39 is 5.97 Å². The Balaban J connectivity index is 1.70. The lowest BCUT2D eigenvalue weighted by atomic mass is 10.2. The number of halogens is 2. The van der Waals surface area contributed by atoms with Crippen molar-refractivity contribution in [3.05, 3.63) is 63.6 Å². The lowest BCUT2D eigenvalue weighted by molar-refractivity contribution is 0.0526. The molecule has 4 nitrogen and oxygen atoms in total. The van der Waals surface area contributed by atoms with Gasteiger partial charge in [0.05, 0.1) is 17.2 Å². The summed E-state index contributed by atoms with van der Waals surface area (Å²) in [6.07, 6.45) is 0.964. The topological polar surface area (TPSA) is 50.4 Å². The monoisotopic (exact) mass is 456 g/mol. The van der Waals surface area contributed by atoms with E-state index in [1.165, 1.54) is 0 Å². The molecule has 2 aromatic carbocycles. The van der Waals surface area contributed by atoms with E-state index >= 15 is 0 Å². The Hall–Kier alpha value is -1.47. The van der Waals surface area contributed by atoms with Crippen molar-refractivity contribution in [1.29, 1.82) is 0 Å². The summed E-state index contributed by atoms with van der Waals surface area (Å²) in [6, 6.07) is 12.9. The molecule has 0 aliphatic rings. The number of thioether (sulfide) groups is 1.